The fraction of sp³-hybridized carbons (Fsp3) is 0.333. The van der Waals surface area contributed by atoms with Crippen LogP contribution >= 0.6 is 0 Å². The third-order valence-electron chi connectivity index (χ3n) is 2.04. The second-order valence-corrected chi connectivity index (χ2v) is 3.19. The van der Waals surface area contributed by atoms with Gasteiger partial charge in [-0.25, -0.2) is 0 Å². The SMILES string of the molecule is CCOc1ccc(CCNC(=O)C#N)cc1. The monoisotopic (exact) mass is 218 g/mol. The van der Waals surface area contributed by atoms with Crippen molar-refractivity contribution in [3.63, 3.8) is 0 Å². The van der Waals surface area contributed by atoms with Gasteiger partial charge in [0.1, 0.15) is 5.75 Å². The van der Waals surface area contributed by atoms with E-state index in [1.54, 1.807) is 0 Å². The van der Waals surface area contributed by atoms with E-state index in [1.807, 2.05) is 31.2 Å². The van der Waals surface area contributed by atoms with Gasteiger partial charge < -0.3 is 10.1 Å². The molecule has 1 aromatic carbocycles. The number of carbonyl (C=O) groups excluding carboxylic acids is 1. The third-order valence-corrected chi connectivity index (χ3v) is 2.04. The van der Waals surface area contributed by atoms with Gasteiger partial charge in [0, 0.05) is 6.54 Å². The Labute approximate surface area is 94.8 Å². The van der Waals surface area contributed by atoms with Gasteiger partial charge in [-0.2, -0.15) is 5.26 Å². The minimum atomic E-state index is -0.592. The van der Waals surface area contributed by atoms with E-state index < -0.39 is 5.91 Å². The number of amides is 1. The summed E-state index contributed by atoms with van der Waals surface area (Å²) < 4.78 is 5.31. The molecule has 0 radical (unpaired) electrons. The first kappa shape index (κ1) is 12.1. The van der Waals surface area contributed by atoms with E-state index in [1.165, 1.54) is 6.07 Å². The fourth-order valence-electron chi connectivity index (χ4n) is 1.28. The molecule has 84 valence electrons. The maximum atomic E-state index is 10.6. The second-order valence-electron chi connectivity index (χ2n) is 3.19. The molecule has 1 aromatic rings. The molecule has 0 heterocycles. The molecule has 0 saturated carbocycles. The first-order valence-electron chi connectivity index (χ1n) is 5.16. The summed E-state index contributed by atoms with van der Waals surface area (Å²) in [5.41, 5.74) is 1.10. The predicted molar refractivity (Wildman–Crippen MR) is 59.9 cm³/mol. The van der Waals surface area contributed by atoms with Crippen molar-refractivity contribution in [3.8, 4) is 11.8 Å². The van der Waals surface area contributed by atoms with E-state index in [9.17, 15) is 4.79 Å². The molecule has 0 aliphatic heterocycles. The van der Waals surface area contributed by atoms with Gasteiger partial charge in [-0.1, -0.05) is 12.1 Å². The number of nitriles is 1. The average molecular weight is 218 g/mol. The molecule has 0 aliphatic carbocycles. The van der Waals surface area contributed by atoms with Crippen molar-refractivity contribution in [1.29, 1.82) is 5.26 Å². The number of hydrogen-bond acceptors (Lipinski definition) is 3. The maximum absolute atomic E-state index is 10.6. The van der Waals surface area contributed by atoms with Crippen molar-refractivity contribution in [3.05, 3.63) is 29.8 Å². The molecule has 1 rings (SSSR count). The zero-order valence-electron chi connectivity index (χ0n) is 9.19. The number of hydrogen-bond donors (Lipinski definition) is 1. The summed E-state index contributed by atoms with van der Waals surface area (Å²) in [6.45, 7) is 3.06. The molecule has 0 aliphatic rings. The third kappa shape index (κ3) is 4.01. The summed E-state index contributed by atoms with van der Waals surface area (Å²) in [4.78, 5) is 10.6. The number of rotatable bonds is 5. The Morgan fingerprint density at radius 3 is 2.69 bits per heavy atom. The van der Waals surface area contributed by atoms with E-state index in [2.05, 4.69) is 5.32 Å². The van der Waals surface area contributed by atoms with E-state index in [0.717, 1.165) is 11.3 Å². The van der Waals surface area contributed by atoms with Crippen LogP contribution in [0.15, 0.2) is 24.3 Å². The smallest absolute Gasteiger partial charge is 0.322 e. The molecule has 1 N–H and O–H groups in total. The highest BCUT2D eigenvalue weighted by Crippen LogP contribution is 2.11. The van der Waals surface area contributed by atoms with Crippen LogP contribution in [0, 0.1) is 11.3 Å². The molecule has 0 fully saturated rings. The Bertz CT molecular complexity index is 379. The lowest BCUT2D eigenvalue weighted by molar-refractivity contribution is -0.115. The first-order chi connectivity index (χ1) is 7.76. The van der Waals surface area contributed by atoms with Crippen molar-refractivity contribution in [1.82, 2.24) is 5.32 Å². The number of ether oxygens (including phenoxy) is 1. The Morgan fingerprint density at radius 2 is 2.12 bits per heavy atom. The van der Waals surface area contributed by atoms with Crippen molar-refractivity contribution >= 4 is 5.91 Å². The van der Waals surface area contributed by atoms with Crippen LogP contribution in [-0.2, 0) is 11.2 Å². The van der Waals surface area contributed by atoms with Gasteiger partial charge in [0.15, 0.2) is 6.07 Å². The first-order valence-corrected chi connectivity index (χ1v) is 5.16. The highest BCUT2D eigenvalue weighted by molar-refractivity contribution is 5.91. The molecule has 0 unspecified atom stereocenters. The zero-order chi connectivity index (χ0) is 11.8. The molecule has 0 bridgehead atoms. The number of benzene rings is 1. The lowest BCUT2D eigenvalue weighted by Crippen LogP contribution is -2.23. The summed E-state index contributed by atoms with van der Waals surface area (Å²) in [7, 11) is 0. The largest absolute Gasteiger partial charge is 0.494 e. The number of carbonyl (C=O) groups is 1. The summed E-state index contributed by atoms with van der Waals surface area (Å²) >= 11 is 0. The summed E-state index contributed by atoms with van der Waals surface area (Å²) in [6.07, 6.45) is 0.708. The molecule has 0 atom stereocenters. The van der Waals surface area contributed by atoms with Crippen molar-refractivity contribution in [2.75, 3.05) is 13.2 Å². The molecule has 0 aromatic heterocycles. The van der Waals surface area contributed by atoms with Crippen LogP contribution in [0.5, 0.6) is 5.75 Å². The van der Waals surface area contributed by atoms with Crippen LogP contribution in [0.3, 0.4) is 0 Å². The minimum absolute atomic E-state index is 0.473. The fourth-order valence-corrected chi connectivity index (χ4v) is 1.28. The Kier molecular flexibility index (Phi) is 4.87. The Hall–Kier alpha value is -2.02. The Morgan fingerprint density at radius 1 is 1.44 bits per heavy atom. The quantitative estimate of drug-likeness (QED) is 0.757. The average Bonchev–Trinajstić information content (AvgIpc) is 2.31. The van der Waals surface area contributed by atoms with Gasteiger partial charge in [0.05, 0.1) is 6.61 Å². The number of nitrogens with zero attached hydrogens (tertiary/aromatic N) is 1. The molecule has 1 amide bonds. The second kappa shape index (κ2) is 6.46. The predicted octanol–water partition coefficient (Wildman–Crippen LogP) is 1.27. The molecular weight excluding hydrogens is 204 g/mol. The topological polar surface area (TPSA) is 62.1 Å². The van der Waals surface area contributed by atoms with Gasteiger partial charge >= 0.3 is 5.91 Å². The number of nitrogens with one attached hydrogen (secondary N) is 1. The summed E-state index contributed by atoms with van der Waals surface area (Å²) in [5, 5.41) is 10.7. The van der Waals surface area contributed by atoms with E-state index in [0.29, 0.717) is 19.6 Å². The van der Waals surface area contributed by atoms with Gasteiger partial charge in [-0.05, 0) is 31.0 Å². The standard InChI is InChI=1S/C12H14N2O2/c1-2-16-11-5-3-10(4-6-11)7-8-14-12(15)9-13/h3-6H,2,7-8H2,1H3,(H,14,15). The van der Waals surface area contributed by atoms with Crippen LogP contribution in [0.2, 0.25) is 0 Å². The summed E-state index contributed by atoms with van der Waals surface area (Å²) in [6, 6.07) is 9.19. The van der Waals surface area contributed by atoms with E-state index in [-0.39, 0.29) is 0 Å². The van der Waals surface area contributed by atoms with Crippen LogP contribution in [0.4, 0.5) is 0 Å². The summed E-state index contributed by atoms with van der Waals surface area (Å²) in [5.74, 6) is 0.248. The van der Waals surface area contributed by atoms with Gasteiger partial charge in [0.2, 0.25) is 0 Å². The van der Waals surface area contributed by atoms with Crippen LogP contribution in [0.25, 0.3) is 0 Å². The molecule has 4 heteroatoms. The zero-order valence-corrected chi connectivity index (χ0v) is 9.19. The van der Waals surface area contributed by atoms with Crippen molar-refractivity contribution in [2.45, 2.75) is 13.3 Å². The van der Waals surface area contributed by atoms with E-state index in [4.69, 9.17) is 10.00 Å². The molecule has 16 heavy (non-hydrogen) atoms. The highest BCUT2D eigenvalue weighted by atomic mass is 16.5. The molecule has 0 spiro atoms. The maximum Gasteiger partial charge on any atom is 0.322 e. The van der Waals surface area contributed by atoms with Crippen molar-refractivity contribution in [2.24, 2.45) is 0 Å². The molecule has 4 nitrogen and oxygen atoms in total. The van der Waals surface area contributed by atoms with Crippen LogP contribution in [0.1, 0.15) is 12.5 Å². The molecule has 0 saturated heterocycles. The molecular formula is C12H14N2O2. The lowest BCUT2D eigenvalue weighted by atomic mass is 10.1. The lowest BCUT2D eigenvalue weighted by Gasteiger charge is -2.04. The van der Waals surface area contributed by atoms with Gasteiger partial charge in [-0.15, -0.1) is 0 Å². The highest BCUT2D eigenvalue weighted by Gasteiger charge is 1.98. The van der Waals surface area contributed by atoms with Gasteiger partial charge in [0.25, 0.3) is 0 Å². The minimum Gasteiger partial charge on any atom is -0.494 e. The Balaban J connectivity index is 2.38. The normalized spacial score (nSPS) is 9.25. The van der Waals surface area contributed by atoms with Gasteiger partial charge in [-0.3, -0.25) is 4.79 Å². The van der Waals surface area contributed by atoms with E-state index >= 15 is 0 Å². The van der Waals surface area contributed by atoms with Crippen LogP contribution < -0.4 is 10.1 Å². The van der Waals surface area contributed by atoms with Crippen LogP contribution in [-0.4, -0.2) is 19.1 Å². The van der Waals surface area contributed by atoms with Crippen molar-refractivity contribution < 1.29 is 9.53 Å².